The molecule has 3 aromatic rings. The molecule has 1 aromatic heterocycles. The second-order valence-electron chi connectivity index (χ2n) is 5.55. The largest absolute Gasteiger partial charge is 0.416 e. The summed E-state index contributed by atoms with van der Waals surface area (Å²) in [4.78, 5) is 12.1. The maximum absolute atomic E-state index is 12.5. The van der Waals surface area contributed by atoms with Crippen molar-refractivity contribution in [1.29, 1.82) is 0 Å². The van der Waals surface area contributed by atoms with Gasteiger partial charge in [0.2, 0.25) is 0 Å². The number of nitrogens with one attached hydrogen (secondary N) is 2. The van der Waals surface area contributed by atoms with Gasteiger partial charge in [0.1, 0.15) is 5.76 Å². The number of aromatic nitrogens is 1. The van der Waals surface area contributed by atoms with Gasteiger partial charge in [-0.25, -0.2) is 0 Å². The van der Waals surface area contributed by atoms with E-state index in [4.69, 9.17) is 4.52 Å². The highest BCUT2D eigenvalue weighted by molar-refractivity contribution is 6.04. The van der Waals surface area contributed by atoms with Gasteiger partial charge in [-0.05, 0) is 55.5 Å². The first-order valence-corrected chi connectivity index (χ1v) is 7.60. The van der Waals surface area contributed by atoms with E-state index in [0.29, 0.717) is 17.3 Å². The molecule has 1 heterocycles. The quantitative estimate of drug-likeness (QED) is 0.686. The Bertz CT molecular complexity index is 901. The summed E-state index contributed by atoms with van der Waals surface area (Å²) in [5.74, 6) is 0.739. The summed E-state index contributed by atoms with van der Waals surface area (Å²) in [5.41, 5.74) is 0.591. The summed E-state index contributed by atoms with van der Waals surface area (Å²) < 4.78 is 42.6. The summed E-state index contributed by atoms with van der Waals surface area (Å²) in [6.45, 7) is 1.78. The minimum absolute atomic E-state index is 0.137. The Hall–Kier alpha value is -3.29. The predicted molar refractivity (Wildman–Crippen MR) is 90.4 cm³/mol. The number of alkyl halides is 3. The van der Waals surface area contributed by atoms with Crippen molar-refractivity contribution in [1.82, 2.24) is 5.16 Å². The van der Waals surface area contributed by atoms with Gasteiger partial charge < -0.3 is 15.2 Å². The second-order valence-corrected chi connectivity index (χ2v) is 5.55. The highest BCUT2D eigenvalue weighted by atomic mass is 19.4. The number of rotatable bonds is 4. The molecule has 0 aliphatic rings. The van der Waals surface area contributed by atoms with Gasteiger partial charge in [-0.15, -0.1) is 0 Å². The van der Waals surface area contributed by atoms with Gasteiger partial charge >= 0.3 is 6.18 Å². The Morgan fingerprint density at radius 2 is 1.62 bits per heavy atom. The molecule has 1 amide bonds. The fourth-order valence-electron chi connectivity index (χ4n) is 2.22. The van der Waals surface area contributed by atoms with Gasteiger partial charge in [-0.2, -0.15) is 13.2 Å². The summed E-state index contributed by atoms with van der Waals surface area (Å²) in [5, 5.41) is 9.47. The van der Waals surface area contributed by atoms with Crippen LogP contribution >= 0.6 is 0 Å². The molecule has 0 aliphatic carbocycles. The van der Waals surface area contributed by atoms with E-state index in [1.54, 1.807) is 37.3 Å². The summed E-state index contributed by atoms with van der Waals surface area (Å²) >= 11 is 0. The first kappa shape index (κ1) is 17.5. The average Bonchev–Trinajstić information content (AvgIpc) is 3.01. The van der Waals surface area contributed by atoms with E-state index in [1.807, 2.05) is 0 Å². The molecule has 0 spiro atoms. The lowest BCUT2D eigenvalue weighted by atomic mass is 10.1. The van der Waals surface area contributed by atoms with E-state index in [-0.39, 0.29) is 5.56 Å². The highest BCUT2D eigenvalue weighted by Gasteiger charge is 2.30. The molecule has 8 heteroatoms. The van der Waals surface area contributed by atoms with E-state index < -0.39 is 17.6 Å². The van der Waals surface area contributed by atoms with E-state index in [9.17, 15) is 18.0 Å². The zero-order chi connectivity index (χ0) is 18.7. The maximum Gasteiger partial charge on any atom is 0.416 e. The zero-order valence-corrected chi connectivity index (χ0v) is 13.6. The standard InChI is InChI=1S/C18H14F3N3O2/c1-11-10-16(24-26-11)22-14-6-8-15(9-7-14)23-17(25)12-2-4-13(5-3-12)18(19,20)21/h2-10H,1H3,(H,22,24)(H,23,25). The summed E-state index contributed by atoms with van der Waals surface area (Å²) in [6.07, 6.45) is -4.43. The number of carbonyl (C=O) groups excluding carboxylic acids is 1. The molecule has 3 rings (SSSR count). The fourth-order valence-corrected chi connectivity index (χ4v) is 2.22. The second kappa shape index (κ2) is 6.91. The monoisotopic (exact) mass is 361 g/mol. The Morgan fingerprint density at radius 3 is 2.15 bits per heavy atom. The van der Waals surface area contributed by atoms with E-state index >= 15 is 0 Å². The van der Waals surface area contributed by atoms with Crippen LogP contribution in [0.5, 0.6) is 0 Å². The molecule has 0 aliphatic heterocycles. The van der Waals surface area contributed by atoms with Crippen LogP contribution < -0.4 is 10.6 Å². The minimum atomic E-state index is -4.43. The minimum Gasteiger partial charge on any atom is -0.360 e. The fraction of sp³-hybridized carbons (Fsp3) is 0.111. The molecule has 0 saturated heterocycles. The number of hydrogen-bond donors (Lipinski definition) is 2. The zero-order valence-electron chi connectivity index (χ0n) is 13.6. The molecule has 0 saturated carbocycles. The third-order valence-electron chi connectivity index (χ3n) is 3.52. The van der Waals surface area contributed by atoms with Gasteiger partial charge in [-0.1, -0.05) is 5.16 Å². The first-order chi connectivity index (χ1) is 12.3. The number of nitrogens with zero attached hydrogens (tertiary/aromatic N) is 1. The van der Waals surface area contributed by atoms with E-state index in [2.05, 4.69) is 15.8 Å². The van der Waals surface area contributed by atoms with Crippen LogP contribution in [0.2, 0.25) is 0 Å². The van der Waals surface area contributed by atoms with Crippen LogP contribution in [0.1, 0.15) is 21.7 Å². The van der Waals surface area contributed by atoms with Gasteiger partial charge in [0.05, 0.1) is 5.56 Å². The number of anilines is 3. The normalized spacial score (nSPS) is 11.2. The highest BCUT2D eigenvalue weighted by Crippen LogP contribution is 2.29. The van der Waals surface area contributed by atoms with Gasteiger partial charge in [0, 0.05) is 23.0 Å². The van der Waals surface area contributed by atoms with Crippen molar-refractivity contribution in [3.05, 3.63) is 71.5 Å². The van der Waals surface area contributed by atoms with Crippen LogP contribution in [0.15, 0.2) is 59.1 Å². The maximum atomic E-state index is 12.5. The van der Waals surface area contributed by atoms with Crippen molar-refractivity contribution in [2.75, 3.05) is 10.6 Å². The average molecular weight is 361 g/mol. The number of amides is 1. The number of halogens is 3. The van der Waals surface area contributed by atoms with Gasteiger partial charge in [-0.3, -0.25) is 4.79 Å². The Morgan fingerprint density at radius 1 is 1.00 bits per heavy atom. The summed E-state index contributed by atoms with van der Waals surface area (Å²) in [7, 11) is 0. The molecule has 5 nitrogen and oxygen atoms in total. The van der Waals surface area contributed by atoms with E-state index in [0.717, 1.165) is 30.0 Å². The Balaban J connectivity index is 1.64. The molecular weight excluding hydrogens is 347 g/mol. The first-order valence-electron chi connectivity index (χ1n) is 7.60. The number of carbonyl (C=O) groups is 1. The van der Waals surface area contributed by atoms with Crippen LogP contribution in [0.3, 0.4) is 0 Å². The predicted octanol–water partition coefficient (Wildman–Crippen LogP) is 5.00. The smallest absolute Gasteiger partial charge is 0.360 e. The van der Waals surface area contributed by atoms with Crippen molar-refractivity contribution in [2.45, 2.75) is 13.1 Å². The molecule has 2 N–H and O–H groups in total. The third kappa shape index (κ3) is 4.21. The van der Waals surface area contributed by atoms with Crippen LogP contribution in [-0.2, 0) is 6.18 Å². The Labute approximate surface area is 146 Å². The van der Waals surface area contributed by atoms with Gasteiger partial charge in [0.15, 0.2) is 5.82 Å². The molecule has 0 radical (unpaired) electrons. The van der Waals surface area contributed by atoms with Crippen molar-refractivity contribution in [2.24, 2.45) is 0 Å². The van der Waals surface area contributed by atoms with Gasteiger partial charge in [0.25, 0.3) is 5.91 Å². The molecule has 2 aromatic carbocycles. The SMILES string of the molecule is Cc1cc(Nc2ccc(NC(=O)c3ccc(C(F)(F)F)cc3)cc2)no1. The molecule has 26 heavy (non-hydrogen) atoms. The molecule has 0 bridgehead atoms. The molecule has 134 valence electrons. The van der Waals surface area contributed by atoms with Crippen LogP contribution in [0.25, 0.3) is 0 Å². The molecule has 0 unspecified atom stereocenters. The van der Waals surface area contributed by atoms with Crippen LogP contribution in [0.4, 0.5) is 30.4 Å². The third-order valence-corrected chi connectivity index (χ3v) is 3.52. The van der Waals surface area contributed by atoms with Crippen molar-refractivity contribution in [3.63, 3.8) is 0 Å². The van der Waals surface area contributed by atoms with Crippen molar-refractivity contribution in [3.8, 4) is 0 Å². The molecule has 0 fully saturated rings. The van der Waals surface area contributed by atoms with Crippen molar-refractivity contribution >= 4 is 23.1 Å². The number of aryl methyl sites for hydroxylation is 1. The Kier molecular flexibility index (Phi) is 4.66. The molecule has 0 atom stereocenters. The van der Waals surface area contributed by atoms with Crippen LogP contribution in [-0.4, -0.2) is 11.1 Å². The number of hydrogen-bond acceptors (Lipinski definition) is 4. The van der Waals surface area contributed by atoms with Crippen molar-refractivity contribution < 1.29 is 22.5 Å². The topological polar surface area (TPSA) is 67.2 Å². The summed E-state index contributed by atoms with van der Waals surface area (Å²) in [6, 6.07) is 12.6. The van der Waals surface area contributed by atoms with Crippen LogP contribution in [0, 0.1) is 6.92 Å². The van der Waals surface area contributed by atoms with E-state index in [1.165, 1.54) is 0 Å². The molecular formula is C18H14F3N3O2. The lowest BCUT2D eigenvalue weighted by molar-refractivity contribution is -0.137. The lowest BCUT2D eigenvalue weighted by Crippen LogP contribution is -2.12. The lowest BCUT2D eigenvalue weighted by Gasteiger charge is -2.09. The number of benzene rings is 2.